The van der Waals surface area contributed by atoms with E-state index in [-0.39, 0.29) is 5.82 Å². The molecule has 0 saturated heterocycles. The average Bonchev–Trinajstić information content (AvgIpc) is 2.92. The van der Waals surface area contributed by atoms with Gasteiger partial charge in [-0.15, -0.1) is 0 Å². The van der Waals surface area contributed by atoms with Gasteiger partial charge in [0, 0.05) is 17.6 Å². The summed E-state index contributed by atoms with van der Waals surface area (Å²) in [5, 5.41) is 4.47. The van der Waals surface area contributed by atoms with Gasteiger partial charge in [-0.3, -0.25) is 0 Å². The highest BCUT2D eigenvalue weighted by Gasteiger charge is 2.20. The zero-order valence-corrected chi connectivity index (χ0v) is 12.0. The number of para-hydroxylation sites is 1. The van der Waals surface area contributed by atoms with Crippen molar-refractivity contribution in [3.63, 3.8) is 0 Å². The molecule has 1 aliphatic carbocycles. The van der Waals surface area contributed by atoms with E-state index in [9.17, 15) is 4.39 Å². The van der Waals surface area contributed by atoms with Crippen LogP contribution in [-0.4, -0.2) is 11.5 Å². The van der Waals surface area contributed by atoms with Gasteiger partial charge in [-0.2, -0.15) is 0 Å². The molecule has 0 atom stereocenters. The van der Waals surface area contributed by atoms with Crippen LogP contribution in [0.3, 0.4) is 0 Å². The first-order chi connectivity index (χ1) is 9.81. The molecule has 1 aliphatic rings. The Balaban J connectivity index is 2.01. The second-order valence-electron chi connectivity index (χ2n) is 5.54. The van der Waals surface area contributed by atoms with E-state index >= 15 is 0 Å². The predicted molar refractivity (Wildman–Crippen MR) is 80.3 cm³/mol. The lowest BCUT2D eigenvalue weighted by Gasteiger charge is -2.13. The maximum absolute atomic E-state index is 14.0. The molecule has 20 heavy (non-hydrogen) atoms. The maximum atomic E-state index is 14.0. The summed E-state index contributed by atoms with van der Waals surface area (Å²) in [5.74, 6) is -0.202. The van der Waals surface area contributed by atoms with Crippen LogP contribution in [0.25, 0.3) is 10.9 Å². The molecular weight excluding hydrogens is 251 g/mol. The van der Waals surface area contributed by atoms with E-state index in [1.165, 1.54) is 30.0 Å². The van der Waals surface area contributed by atoms with Crippen molar-refractivity contribution in [2.75, 3.05) is 6.54 Å². The van der Waals surface area contributed by atoms with E-state index in [1.807, 2.05) is 6.07 Å². The molecular formula is C17H21FN2. The fraction of sp³-hybridized carbons (Fsp3) is 0.471. The number of rotatable bonds is 5. The van der Waals surface area contributed by atoms with Crippen molar-refractivity contribution in [2.24, 2.45) is 0 Å². The summed E-state index contributed by atoms with van der Waals surface area (Å²) in [6, 6.07) is 5.29. The number of fused-ring (bicyclic) bond motifs is 2. The van der Waals surface area contributed by atoms with Crippen LogP contribution < -0.4 is 5.32 Å². The number of nitrogens with one attached hydrogen (secondary N) is 1. The Kier molecular flexibility index (Phi) is 3.97. The number of unbranched alkanes of at least 4 members (excludes halogenated alkanes) is 1. The van der Waals surface area contributed by atoms with E-state index in [1.54, 1.807) is 6.07 Å². The van der Waals surface area contributed by atoms with Crippen LogP contribution in [0.5, 0.6) is 0 Å². The first kappa shape index (κ1) is 13.5. The van der Waals surface area contributed by atoms with Crippen LogP contribution in [0.15, 0.2) is 18.2 Å². The third-order valence-corrected chi connectivity index (χ3v) is 4.12. The Morgan fingerprint density at radius 2 is 2.20 bits per heavy atom. The van der Waals surface area contributed by atoms with Crippen LogP contribution in [0, 0.1) is 5.82 Å². The highest BCUT2D eigenvalue weighted by atomic mass is 19.1. The highest BCUT2D eigenvalue weighted by Crippen LogP contribution is 2.30. The van der Waals surface area contributed by atoms with E-state index in [4.69, 9.17) is 0 Å². The molecule has 2 aromatic rings. The lowest BCUT2D eigenvalue weighted by molar-refractivity contribution is 0.632. The van der Waals surface area contributed by atoms with Gasteiger partial charge in [0.15, 0.2) is 0 Å². The summed E-state index contributed by atoms with van der Waals surface area (Å²) in [6.45, 7) is 4.03. The summed E-state index contributed by atoms with van der Waals surface area (Å²) in [7, 11) is 0. The van der Waals surface area contributed by atoms with Crippen LogP contribution in [0.1, 0.15) is 43.0 Å². The fourth-order valence-electron chi connectivity index (χ4n) is 3.06. The quantitative estimate of drug-likeness (QED) is 0.838. The molecule has 1 heterocycles. The van der Waals surface area contributed by atoms with Gasteiger partial charge in [-0.05, 0) is 49.4 Å². The molecule has 0 fully saturated rings. The van der Waals surface area contributed by atoms with Crippen molar-refractivity contribution < 1.29 is 4.39 Å². The zero-order valence-electron chi connectivity index (χ0n) is 12.0. The van der Waals surface area contributed by atoms with E-state index in [0.717, 1.165) is 43.4 Å². The van der Waals surface area contributed by atoms with Gasteiger partial charge in [0.05, 0.1) is 0 Å². The van der Waals surface area contributed by atoms with Crippen LogP contribution in [0.4, 0.5) is 4.39 Å². The second-order valence-corrected chi connectivity index (χ2v) is 5.54. The monoisotopic (exact) mass is 272 g/mol. The van der Waals surface area contributed by atoms with Gasteiger partial charge in [0.2, 0.25) is 0 Å². The average molecular weight is 272 g/mol. The minimum atomic E-state index is -0.202. The Morgan fingerprint density at radius 3 is 3.05 bits per heavy atom. The van der Waals surface area contributed by atoms with Crippen LogP contribution in [0.2, 0.25) is 0 Å². The fourth-order valence-corrected chi connectivity index (χ4v) is 3.06. The third-order valence-electron chi connectivity index (χ3n) is 4.12. The van der Waals surface area contributed by atoms with Gasteiger partial charge >= 0.3 is 0 Å². The Labute approximate surface area is 119 Å². The minimum Gasteiger partial charge on any atom is -0.313 e. The van der Waals surface area contributed by atoms with Gasteiger partial charge in [-0.1, -0.05) is 25.5 Å². The number of benzene rings is 1. The molecule has 0 radical (unpaired) electrons. The van der Waals surface area contributed by atoms with Crippen molar-refractivity contribution in [3.8, 4) is 0 Å². The molecule has 1 aromatic heterocycles. The third kappa shape index (κ3) is 2.42. The molecule has 0 unspecified atom stereocenters. The lowest BCUT2D eigenvalue weighted by atomic mass is 10.0. The van der Waals surface area contributed by atoms with Gasteiger partial charge in [0.1, 0.15) is 11.3 Å². The number of hydrogen-bond acceptors (Lipinski definition) is 2. The number of nitrogens with zero attached hydrogens (tertiary/aromatic N) is 1. The Morgan fingerprint density at radius 1 is 1.30 bits per heavy atom. The molecule has 0 saturated carbocycles. The standard InChI is InChI=1S/C17H21FN2/c1-2-3-10-19-11-14-12-6-5-9-16(12)20-17-13(14)7-4-8-15(17)18/h4,7-8,19H,2-3,5-6,9-11H2,1H3. The number of hydrogen-bond donors (Lipinski definition) is 1. The van der Waals surface area contributed by atoms with Crippen LogP contribution in [-0.2, 0) is 19.4 Å². The molecule has 0 spiro atoms. The molecule has 0 amide bonds. The van der Waals surface area contributed by atoms with Gasteiger partial charge < -0.3 is 5.32 Å². The minimum absolute atomic E-state index is 0.202. The molecule has 106 valence electrons. The SMILES string of the molecule is CCCCNCc1c2c(nc3c(F)cccc13)CCC2. The summed E-state index contributed by atoms with van der Waals surface area (Å²) >= 11 is 0. The number of halogens is 1. The zero-order chi connectivity index (χ0) is 13.9. The Hall–Kier alpha value is -1.48. The highest BCUT2D eigenvalue weighted by molar-refractivity contribution is 5.84. The lowest BCUT2D eigenvalue weighted by Crippen LogP contribution is -2.16. The number of pyridine rings is 1. The van der Waals surface area contributed by atoms with Crippen molar-refractivity contribution in [3.05, 3.63) is 40.8 Å². The second kappa shape index (κ2) is 5.88. The van der Waals surface area contributed by atoms with Crippen molar-refractivity contribution in [1.82, 2.24) is 10.3 Å². The summed E-state index contributed by atoms with van der Waals surface area (Å²) < 4.78 is 14.0. The van der Waals surface area contributed by atoms with Crippen molar-refractivity contribution in [2.45, 2.75) is 45.6 Å². The topological polar surface area (TPSA) is 24.9 Å². The molecule has 1 aromatic carbocycles. The first-order valence-corrected chi connectivity index (χ1v) is 7.61. The van der Waals surface area contributed by atoms with Crippen molar-refractivity contribution in [1.29, 1.82) is 0 Å². The Bertz CT molecular complexity index is 622. The largest absolute Gasteiger partial charge is 0.313 e. The normalized spacial score (nSPS) is 13.9. The molecule has 3 heteroatoms. The van der Waals surface area contributed by atoms with Gasteiger partial charge in [0.25, 0.3) is 0 Å². The summed E-state index contributed by atoms with van der Waals surface area (Å²) in [5.41, 5.74) is 4.26. The molecule has 3 rings (SSSR count). The molecule has 0 bridgehead atoms. The van der Waals surface area contributed by atoms with E-state index in [2.05, 4.69) is 17.2 Å². The van der Waals surface area contributed by atoms with E-state index < -0.39 is 0 Å². The molecule has 2 nitrogen and oxygen atoms in total. The summed E-state index contributed by atoms with van der Waals surface area (Å²) in [6.07, 6.45) is 5.58. The van der Waals surface area contributed by atoms with Crippen LogP contribution >= 0.6 is 0 Å². The molecule has 1 N–H and O–H groups in total. The maximum Gasteiger partial charge on any atom is 0.149 e. The van der Waals surface area contributed by atoms with Gasteiger partial charge in [-0.25, -0.2) is 9.37 Å². The first-order valence-electron chi connectivity index (χ1n) is 7.61. The smallest absolute Gasteiger partial charge is 0.149 e. The van der Waals surface area contributed by atoms with E-state index in [0.29, 0.717) is 5.52 Å². The summed E-state index contributed by atoms with van der Waals surface area (Å²) in [4.78, 5) is 4.56. The predicted octanol–water partition coefficient (Wildman–Crippen LogP) is 3.75. The molecule has 0 aliphatic heterocycles. The van der Waals surface area contributed by atoms with Crippen molar-refractivity contribution >= 4 is 10.9 Å². The number of aromatic nitrogens is 1. The number of aryl methyl sites for hydroxylation is 1.